The highest BCUT2D eigenvalue weighted by molar-refractivity contribution is 7.89. The maximum atomic E-state index is 13.3. The third kappa shape index (κ3) is 3.55. The van der Waals surface area contributed by atoms with E-state index in [4.69, 9.17) is 0 Å². The van der Waals surface area contributed by atoms with E-state index in [9.17, 15) is 13.2 Å². The molecule has 1 aliphatic heterocycles. The average molecular weight is 360 g/mol. The molecular weight excluding hydrogens is 336 g/mol. The van der Waals surface area contributed by atoms with Gasteiger partial charge in [-0.3, -0.25) is 4.79 Å². The van der Waals surface area contributed by atoms with E-state index >= 15 is 0 Å². The summed E-state index contributed by atoms with van der Waals surface area (Å²) >= 11 is 0. The molecule has 1 aromatic heterocycles. The molecule has 5 nitrogen and oxygen atoms in total. The average Bonchev–Trinajstić information content (AvgIpc) is 2.86. The second-order valence-electron chi connectivity index (χ2n) is 6.61. The van der Waals surface area contributed by atoms with Crippen molar-refractivity contribution in [1.82, 2.24) is 8.87 Å². The van der Waals surface area contributed by atoms with Crippen LogP contribution in [0.1, 0.15) is 54.7 Å². The van der Waals surface area contributed by atoms with E-state index in [2.05, 4.69) is 0 Å². The summed E-state index contributed by atoms with van der Waals surface area (Å²) in [6, 6.07) is 10.1. The first-order valence-corrected chi connectivity index (χ1v) is 10.1. The lowest BCUT2D eigenvalue weighted by Gasteiger charge is -2.29. The molecule has 0 bridgehead atoms. The lowest BCUT2D eigenvalue weighted by molar-refractivity contribution is 0.101. The molecule has 3 rings (SSSR count). The van der Waals surface area contributed by atoms with Crippen LogP contribution in [0, 0.1) is 0 Å². The Kier molecular flexibility index (Phi) is 5.11. The Labute approximate surface area is 149 Å². The van der Waals surface area contributed by atoms with E-state index < -0.39 is 10.0 Å². The van der Waals surface area contributed by atoms with E-state index in [1.807, 2.05) is 29.9 Å². The van der Waals surface area contributed by atoms with Crippen LogP contribution in [0.4, 0.5) is 0 Å². The number of hydrogen-bond acceptors (Lipinski definition) is 3. The topological polar surface area (TPSA) is 59.4 Å². The zero-order valence-electron chi connectivity index (χ0n) is 14.7. The number of ketones is 1. The van der Waals surface area contributed by atoms with Gasteiger partial charge in [0.15, 0.2) is 5.78 Å². The first-order valence-electron chi connectivity index (χ1n) is 8.65. The van der Waals surface area contributed by atoms with Gasteiger partial charge in [-0.25, -0.2) is 8.42 Å². The number of rotatable bonds is 4. The van der Waals surface area contributed by atoms with Crippen molar-refractivity contribution in [3.05, 3.63) is 53.9 Å². The predicted molar refractivity (Wildman–Crippen MR) is 97.0 cm³/mol. The van der Waals surface area contributed by atoms with Crippen molar-refractivity contribution in [2.45, 2.75) is 43.5 Å². The molecule has 1 unspecified atom stereocenters. The van der Waals surface area contributed by atoms with Gasteiger partial charge in [-0.05, 0) is 44.0 Å². The van der Waals surface area contributed by atoms with Gasteiger partial charge >= 0.3 is 0 Å². The zero-order valence-corrected chi connectivity index (χ0v) is 15.5. The Bertz CT molecular complexity index is 870. The Morgan fingerprint density at radius 3 is 2.60 bits per heavy atom. The molecule has 1 atom stereocenters. The zero-order chi connectivity index (χ0) is 18.0. The van der Waals surface area contributed by atoms with Gasteiger partial charge in [-0.15, -0.1) is 0 Å². The molecule has 0 radical (unpaired) electrons. The third-order valence-electron chi connectivity index (χ3n) is 4.88. The summed E-state index contributed by atoms with van der Waals surface area (Å²) in [5.74, 6) is -0.132. The van der Waals surface area contributed by atoms with Crippen LogP contribution in [-0.4, -0.2) is 29.6 Å². The first-order chi connectivity index (χ1) is 11.9. The fraction of sp³-hybridized carbons (Fsp3) is 0.421. The number of benzene rings is 1. The number of sulfonamides is 1. The van der Waals surface area contributed by atoms with E-state index in [0.717, 1.165) is 31.4 Å². The SMILES string of the molecule is CC(=O)c1cccc(S(=O)(=O)N2CCCCCC2c2cccn2C)c1. The van der Waals surface area contributed by atoms with Crippen molar-refractivity contribution in [2.24, 2.45) is 7.05 Å². The molecule has 1 aliphatic rings. The highest BCUT2D eigenvalue weighted by Gasteiger charge is 2.34. The molecule has 2 aromatic rings. The minimum Gasteiger partial charge on any atom is -0.353 e. The van der Waals surface area contributed by atoms with E-state index in [-0.39, 0.29) is 16.7 Å². The smallest absolute Gasteiger partial charge is 0.243 e. The molecule has 0 aliphatic carbocycles. The second-order valence-corrected chi connectivity index (χ2v) is 8.50. The second kappa shape index (κ2) is 7.14. The number of Topliss-reactive ketones (excluding diaryl/α,β-unsaturated/α-hetero) is 1. The molecule has 1 aromatic carbocycles. The van der Waals surface area contributed by atoms with Crippen molar-refractivity contribution < 1.29 is 13.2 Å². The predicted octanol–water partition coefficient (Wildman–Crippen LogP) is 3.53. The summed E-state index contributed by atoms with van der Waals surface area (Å²) in [5.41, 5.74) is 1.43. The molecule has 134 valence electrons. The van der Waals surface area contributed by atoms with Gasteiger partial charge in [-0.1, -0.05) is 25.0 Å². The fourth-order valence-corrected chi connectivity index (χ4v) is 5.21. The number of aryl methyl sites for hydroxylation is 1. The molecule has 0 spiro atoms. The van der Waals surface area contributed by atoms with Crippen LogP contribution in [0.3, 0.4) is 0 Å². The summed E-state index contributed by atoms with van der Waals surface area (Å²) in [7, 11) is -1.72. The van der Waals surface area contributed by atoms with Crippen LogP contribution < -0.4 is 0 Å². The lowest BCUT2D eigenvalue weighted by atomic mass is 10.1. The largest absolute Gasteiger partial charge is 0.353 e. The normalized spacial score (nSPS) is 19.5. The quantitative estimate of drug-likeness (QED) is 0.784. The monoisotopic (exact) mass is 360 g/mol. The van der Waals surface area contributed by atoms with E-state index in [1.54, 1.807) is 22.5 Å². The molecule has 25 heavy (non-hydrogen) atoms. The highest BCUT2D eigenvalue weighted by atomic mass is 32.2. The van der Waals surface area contributed by atoms with Crippen molar-refractivity contribution in [3.63, 3.8) is 0 Å². The van der Waals surface area contributed by atoms with E-state index in [0.29, 0.717) is 12.1 Å². The van der Waals surface area contributed by atoms with Crippen LogP contribution >= 0.6 is 0 Å². The lowest BCUT2D eigenvalue weighted by Crippen LogP contribution is -2.35. The first kappa shape index (κ1) is 17.9. The molecule has 2 heterocycles. The summed E-state index contributed by atoms with van der Waals surface area (Å²) in [4.78, 5) is 11.8. The minimum absolute atomic E-state index is 0.132. The van der Waals surface area contributed by atoms with Crippen LogP contribution in [0.15, 0.2) is 47.5 Å². The minimum atomic E-state index is -3.67. The van der Waals surface area contributed by atoms with Gasteiger partial charge in [0.2, 0.25) is 10.0 Å². The van der Waals surface area contributed by atoms with Crippen molar-refractivity contribution in [1.29, 1.82) is 0 Å². The number of nitrogens with zero attached hydrogens (tertiary/aromatic N) is 2. The summed E-state index contributed by atoms with van der Waals surface area (Å²) in [6.07, 6.45) is 5.65. The molecule has 0 N–H and O–H groups in total. The van der Waals surface area contributed by atoms with Crippen LogP contribution in [-0.2, 0) is 17.1 Å². The van der Waals surface area contributed by atoms with Crippen molar-refractivity contribution in [3.8, 4) is 0 Å². The Morgan fingerprint density at radius 1 is 1.12 bits per heavy atom. The Hall–Kier alpha value is -1.92. The van der Waals surface area contributed by atoms with Crippen LogP contribution in [0.2, 0.25) is 0 Å². The maximum Gasteiger partial charge on any atom is 0.243 e. The number of hydrogen-bond donors (Lipinski definition) is 0. The third-order valence-corrected chi connectivity index (χ3v) is 6.78. The van der Waals surface area contributed by atoms with Gasteiger partial charge in [-0.2, -0.15) is 4.31 Å². The molecule has 6 heteroatoms. The van der Waals surface area contributed by atoms with Crippen LogP contribution in [0.25, 0.3) is 0 Å². The summed E-state index contributed by atoms with van der Waals surface area (Å²) in [6.45, 7) is 1.95. The number of carbonyl (C=O) groups excluding carboxylic acids is 1. The summed E-state index contributed by atoms with van der Waals surface area (Å²) in [5, 5.41) is 0. The molecule has 0 amide bonds. The molecule has 1 saturated heterocycles. The van der Waals surface area contributed by atoms with Gasteiger partial charge < -0.3 is 4.57 Å². The molecular formula is C19H24N2O3S. The van der Waals surface area contributed by atoms with Crippen molar-refractivity contribution in [2.75, 3.05) is 6.54 Å². The summed E-state index contributed by atoms with van der Waals surface area (Å²) < 4.78 is 30.3. The van der Waals surface area contributed by atoms with Gasteiger partial charge in [0, 0.05) is 31.0 Å². The van der Waals surface area contributed by atoms with Crippen LogP contribution in [0.5, 0.6) is 0 Å². The van der Waals surface area contributed by atoms with E-state index in [1.165, 1.54) is 13.0 Å². The molecule has 1 fully saturated rings. The van der Waals surface area contributed by atoms with Gasteiger partial charge in [0.05, 0.1) is 10.9 Å². The fourth-order valence-electron chi connectivity index (χ4n) is 3.50. The van der Waals surface area contributed by atoms with Crippen molar-refractivity contribution >= 4 is 15.8 Å². The number of carbonyl (C=O) groups is 1. The van der Waals surface area contributed by atoms with Gasteiger partial charge in [0.25, 0.3) is 0 Å². The molecule has 0 saturated carbocycles. The Balaban J connectivity index is 2.05. The number of aromatic nitrogens is 1. The van der Waals surface area contributed by atoms with Gasteiger partial charge in [0.1, 0.15) is 0 Å². The standard InChI is InChI=1S/C19H24N2O3S/c1-15(22)16-8-6-9-17(14-16)25(23,24)21-13-5-3-4-10-19(21)18-11-7-12-20(18)2/h6-9,11-12,14,19H,3-5,10,13H2,1-2H3. The Morgan fingerprint density at radius 2 is 1.92 bits per heavy atom. The highest BCUT2D eigenvalue weighted by Crippen LogP contribution is 2.34. The maximum absolute atomic E-state index is 13.3.